The van der Waals surface area contributed by atoms with E-state index in [1.165, 1.54) is 12.1 Å². The zero-order valence-electron chi connectivity index (χ0n) is 16.9. The number of amides is 1. The van der Waals surface area contributed by atoms with Crippen LogP contribution in [0, 0.1) is 5.82 Å². The lowest BCUT2D eigenvalue weighted by Gasteiger charge is -2.42. The summed E-state index contributed by atoms with van der Waals surface area (Å²) in [6.07, 6.45) is 2.96. The normalized spacial score (nSPS) is 16.5. The minimum absolute atomic E-state index is 0. The second-order valence-electron chi connectivity index (χ2n) is 7.50. The smallest absolute Gasteiger partial charge is 0.409 e. The van der Waals surface area contributed by atoms with Gasteiger partial charge in [0.15, 0.2) is 0 Å². The molecule has 3 N–H and O–H groups in total. The second-order valence-corrected chi connectivity index (χ2v) is 7.50. The van der Waals surface area contributed by atoms with Gasteiger partial charge < -0.3 is 25.3 Å². The summed E-state index contributed by atoms with van der Waals surface area (Å²) in [5.74, 6) is -0.232. The van der Waals surface area contributed by atoms with E-state index in [1.54, 1.807) is 39.9 Å². The molecule has 0 bridgehead atoms. The van der Waals surface area contributed by atoms with Gasteiger partial charge in [0.05, 0.1) is 12.2 Å². The number of aryl methyl sites for hydroxylation is 1. The predicted molar refractivity (Wildman–Crippen MR) is 118 cm³/mol. The fourth-order valence-corrected chi connectivity index (χ4v) is 3.88. The first-order valence-electron chi connectivity index (χ1n) is 9.97. The zero-order chi connectivity index (χ0) is 21.1. The fraction of sp³-hybridized carbons (Fsp3) is 0.381. The van der Waals surface area contributed by atoms with Crippen LogP contribution in [0.25, 0.3) is 0 Å². The van der Waals surface area contributed by atoms with Crippen LogP contribution in [0.2, 0.25) is 0 Å². The third kappa shape index (κ3) is 4.82. The number of ether oxygens (including phenoxy) is 1. The number of benzene rings is 1. The van der Waals surface area contributed by atoms with Crippen LogP contribution in [0.3, 0.4) is 0 Å². The van der Waals surface area contributed by atoms with Crippen molar-refractivity contribution in [2.24, 2.45) is 10.7 Å². The van der Waals surface area contributed by atoms with Gasteiger partial charge in [-0.05, 0) is 24.6 Å². The molecule has 31 heavy (non-hydrogen) atoms. The molecule has 8 nitrogen and oxygen atoms in total. The van der Waals surface area contributed by atoms with E-state index >= 15 is 0 Å². The Morgan fingerprint density at radius 3 is 2.74 bits per heavy atom. The van der Waals surface area contributed by atoms with Gasteiger partial charge in [-0.1, -0.05) is 12.1 Å². The summed E-state index contributed by atoms with van der Waals surface area (Å²) in [7, 11) is 0. The molecule has 3 heterocycles. The van der Waals surface area contributed by atoms with E-state index in [0.29, 0.717) is 50.1 Å². The lowest BCUT2D eigenvalue weighted by Crippen LogP contribution is -2.52. The van der Waals surface area contributed by atoms with Gasteiger partial charge in [0.1, 0.15) is 17.3 Å². The summed E-state index contributed by atoms with van der Waals surface area (Å²) in [6, 6.07) is 9.74. The average Bonchev–Trinajstić information content (AvgIpc) is 2.72. The van der Waals surface area contributed by atoms with Gasteiger partial charge in [-0.25, -0.2) is 14.2 Å². The number of carbonyl (C=O) groups excluding carboxylic acids is 1. The van der Waals surface area contributed by atoms with Crippen molar-refractivity contribution in [2.45, 2.75) is 31.5 Å². The Hall–Kier alpha value is -3.07. The Morgan fingerprint density at radius 2 is 2.00 bits per heavy atom. The topological polar surface area (TPSA) is 102 Å². The second kappa shape index (κ2) is 9.38. The highest BCUT2D eigenvalue weighted by molar-refractivity contribution is 6.04. The van der Waals surface area contributed by atoms with E-state index in [-0.39, 0.29) is 36.5 Å². The lowest BCUT2D eigenvalue weighted by molar-refractivity contribution is 0.0847. The molecule has 0 unspecified atom stereocenters. The molecule has 0 aliphatic carbocycles. The van der Waals surface area contributed by atoms with E-state index in [0.717, 1.165) is 0 Å². The van der Waals surface area contributed by atoms with Crippen molar-refractivity contribution in [2.75, 3.05) is 25.0 Å². The van der Waals surface area contributed by atoms with Gasteiger partial charge in [0.25, 0.3) is 0 Å². The van der Waals surface area contributed by atoms with Gasteiger partial charge in [-0.2, -0.15) is 0 Å². The molecule has 1 spiro atoms. The molecule has 10 heteroatoms. The van der Waals surface area contributed by atoms with Crippen LogP contribution >= 0.6 is 12.4 Å². The summed E-state index contributed by atoms with van der Waals surface area (Å²) in [6.45, 7) is 1.62. The number of carbonyl (C=O) groups is 1. The highest BCUT2D eigenvalue weighted by Gasteiger charge is 2.39. The maximum absolute atomic E-state index is 14.0. The first-order chi connectivity index (χ1) is 14.5. The summed E-state index contributed by atoms with van der Waals surface area (Å²) in [5, 5.41) is 3.30. The molecule has 2 aromatic rings. The van der Waals surface area contributed by atoms with Crippen molar-refractivity contribution in [3.8, 4) is 0 Å². The summed E-state index contributed by atoms with van der Waals surface area (Å²) < 4.78 is 21.0. The van der Waals surface area contributed by atoms with Crippen molar-refractivity contribution < 1.29 is 13.9 Å². The SMILES string of the molecule is Cl.NC1=NC2(CCN(C(=O)OCCCn3ccccc3=O)CC2)Nc2cccc(F)c21. The van der Waals surface area contributed by atoms with Crippen LogP contribution in [0.1, 0.15) is 24.8 Å². The number of halogens is 2. The van der Waals surface area contributed by atoms with Crippen LogP contribution in [-0.2, 0) is 11.3 Å². The molecule has 1 aromatic carbocycles. The maximum atomic E-state index is 14.0. The van der Waals surface area contributed by atoms with Gasteiger partial charge >= 0.3 is 6.09 Å². The third-order valence-electron chi connectivity index (χ3n) is 5.49. The Morgan fingerprint density at radius 1 is 1.23 bits per heavy atom. The molecular formula is C21H25ClFN5O3. The minimum atomic E-state index is -0.643. The summed E-state index contributed by atoms with van der Waals surface area (Å²) in [4.78, 5) is 30.2. The number of fused-ring (bicyclic) bond motifs is 1. The quantitative estimate of drug-likeness (QED) is 0.698. The number of piperidine rings is 1. The third-order valence-corrected chi connectivity index (χ3v) is 5.49. The molecule has 1 amide bonds. The average molecular weight is 450 g/mol. The van der Waals surface area contributed by atoms with E-state index in [2.05, 4.69) is 10.3 Å². The Labute approximate surface area is 185 Å². The fourth-order valence-electron chi connectivity index (χ4n) is 3.88. The lowest BCUT2D eigenvalue weighted by atomic mass is 9.94. The van der Waals surface area contributed by atoms with E-state index < -0.39 is 11.5 Å². The van der Waals surface area contributed by atoms with Crippen molar-refractivity contribution in [1.29, 1.82) is 0 Å². The van der Waals surface area contributed by atoms with E-state index in [4.69, 9.17) is 10.5 Å². The molecule has 2 aliphatic heterocycles. The Balaban J connectivity index is 0.00000272. The molecule has 1 aromatic heterocycles. The van der Waals surface area contributed by atoms with Crippen molar-refractivity contribution in [3.05, 3.63) is 64.3 Å². The molecular weight excluding hydrogens is 425 g/mol. The maximum Gasteiger partial charge on any atom is 0.409 e. The predicted octanol–water partition coefficient (Wildman–Crippen LogP) is 2.56. The van der Waals surface area contributed by atoms with E-state index in [1.807, 2.05) is 0 Å². The molecule has 1 saturated heterocycles. The molecule has 2 aliphatic rings. The number of hydrogen-bond donors (Lipinski definition) is 2. The monoisotopic (exact) mass is 449 g/mol. The number of anilines is 1. The van der Waals surface area contributed by atoms with Crippen molar-refractivity contribution in [1.82, 2.24) is 9.47 Å². The Bertz CT molecular complexity index is 1030. The van der Waals surface area contributed by atoms with Crippen molar-refractivity contribution >= 4 is 30.0 Å². The highest BCUT2D eigenvalue weighted by atomic mass is 35.5. The largest absolute Gasteiger partial charge is 0.449 e. The van der Waals surface area contributed by atoms with E-state index in [9.17, 15) is 14.0 Å². The number of pyridine rings is 1. The van der Waals surface area contributed by atoms with Gasteiger partial charge in [0.2, 0.25) is 5.56 Å². The van der Waals surface area contributed by atoms with Crippen LogP contribution in [0.4, 0.5) is 14.9 Å². The summed E-state index contributed by atoms with van der Waals surface area (Å²) >= 11 is 0. The van der Waals surface area contributed by atoms with Crippen LogP contribution in [0.15, 0.2) is 52.4 Å². The molecule has 0 saturated carbocycles. The molecule has 0 atom stereocenters. The van der Waals surface area contributed by atoms with Crippen LogP contribution in [-0.4, -0.2) is 46.8 Å². The number of likely N-dealkylation sites (tertiary alicyclic amines) is 1. The highest BCUT2D eigenvalue weighted by Crippen LogP contribution is 2.35. The number of aliphatic imine (C=N–C) groups is 1. The first-order valence-corrected chi connectivity index (χ1v) is 9.97. The van der Waals surface area contributed by atoms with Crippen molar-refractivity contribution in [3.63, 3.8) is 0 Å². The number of amidine groups is 1. The minimum Gasteiger partial charge on any atom is -0.449 e. The first kappa shape index (κ1) is 22.6. The summed E-state index contributed by atoms with van der Waals surface area (Å²) in [5.41, 5.74) is 6.22. The molecule has 0 radical (unpaired) electrons. The van der Waals surface area contributed by atoms with Gasteiger partial charge in [0, 0.05) is 50.4 Å². The molecule has 166 valence electrons. The zero-order valence-corrected chi connectivity index (χ0v) is 17.7. The Kier molecular flexibility index (Phi) is 6.84. The van der Waals surface area contributed by atoms with Crippen LogP contribution in [0.5, 0.6) is 0 Å². The number of nitrogens with zero attached hydrogens (tertiary/aromatic N) is 3. The van der Waals surface area contributed by atoms with Gasteiger partial charge in [-0.3, -0.25) is 4.79 Å². The standard InChI is InChI=1S/C21H24FN5O3.ClH/c22-15-5-3-6-16-18(15)19(23)25-21(24-16)8-12-27(13-9-21)20(29)30-14-4-11-26-10-2-1-7-17(26)28;/h1-3,5-7,10,24H,4,8-9,11-14H2,(H2,23,25);1H. The molecule has 4 rings (SSSR count). The number of nitrogens with one attached hydrogen (secondary N) is 1. The number of hydrogen-bond acceptors (Lipinski definition) is 6. The van der Waals surface area contributed by atoms with Crippen LogP contribution < -0.4 is 16.6 Å². The number of rotatable bonds is 4. The van der Waals surface area contributed by atoms with Gasteiger partial charge in [-0.15, -0.1) is 12.4 Å². The number of nitrogens with two attached hydrogens (primary N) is 1. The number of aromatic nitrogens is 1. The molecule has 1 fully saturated rings.